The van der Waals surface area contributed by atoms with Gasteiger partial charge < -0.3 is 10.3 Å². The molecule has 0 bridgehead atoms. The van der Waals surface area contributed by atoms with Crippen molar-refractivity contribution in [2.75, 3.05) is 5.32 Å². The van der Waals surface area contributed by atoms with E-state index in [0.717, 1.165) is 26.4 Å². The number of halogens is 1. The Balaban J connectivity index is 1.94. The van der Waals surface area contributed by atoms with E-state index in [2.05, 4.69) is 47.8 Å². The van der Waals surface area contributed by atoms with E-state index in [4.69, 9.17) is 0 Å². The zero-order valence-electron chi connectivity index (χ0n) is 8.68. The van der Waals surface area contributed by atoms with Gasteiger partial charge in [0.2, 0.25) is 0 Å². The van der Waals surface area contributed by atoms with E-state index in [1.54, 1.807) is 12.5 Å². The molecule has 0 radical (unpaired) electrons. The van der Waals surface area contributed by atoms with E-state index < -0.39 is 0 Å². The quantitative estimate of drug-likeness (QED) is 0.557. The van der Waals surface area contributed by atoms with Crippen molar-refractivity contribution in [3.63, 3.8) is 0 Å². The molecule has 0 aliphatic rings. The van der Waals surface area contributed by atoms with Crippen LogP contribution in [0.3, 0.4) is 0 Å². The summed E-state index contributed by atoms with van der Waals surface area (Å²) in [5, 5.41) is 3.22. The number of nitrogens with zero attached hydrogens (tertiary/aromatic N) is 3. The minimum absolute atomic E-state index is 0.718. The molecule has 0 amide bonds. The van der Waals surface area contributed by atoms with Gasteiger partial charge in [0.15, 0.2) is 3.83 Å². The van der Waals surface area contributed by atoms with Crippen LogP contribution in [0.5, 0.6) is 0 Å². The predicted molar refractivity (Wildman–Crippen MR) is 74.1 cm³/mol. The van der Waals surface area contributed by atoms with E-state index in [9.17, 15) is 0 Å². The number of aromatic nitrogens is 4. The number of imidazole rings is 1. The van der Waals surface area contributed by atoms with E-state index in [0.29, 0.717) is 0 Å². The first-order valence-electron chi connectivity index (χ1n) is 5.00. The summed E-state index contributed by atoms with van der Waals surface area (Å²) in [6.45, 7) is 0. The van der Waals surface area contributed by atoms with Crippen molar-refractivity contribution in [3.05, 3.63) is 40.6 Å². The molecule has 0 fully saturated rings. The molecule has 84 valence electrons. The number of anilines is 2. The van der Waals surface area contributed by atoms with Crippen molar-refractivity contribution in [1.29, 1.82) is 0 Å². The molecule has 5 nitrogen and oxygen atoms in total. The van der Waals surface area contributed by atoms with Gasteiger partial charge in [-0.1, -0.05) is 0 Å². The maximum Gasteiger partial charge on any atom is 0.192 e. The molecule has 17 heavy (non-hydrogen) atoms. The molecule has 0 aliphatic carbocycles. The number of nitrogens with one attached hydrogen (secondary N) is 2. The zero-order chi connectivity index (χ0) is 11.7. The summed E-state index contributed by atoms with van der Waals surface area (Å²) in [7, 11) is 0. The van der Waals surface area contributed by atoms with E-state index in [1.807, 2.05) is 24.3 Å². The van der Waals surface area contributed by atoms with Crippen LogP contribution in [0.15, 0.2) is 36.8 Å². The minimum Gasteiger partial charge on any atom is -0.345 e. The van der Waals surface area contributed by atoms with Crippen LogP contribution in [-0.2, 0) is 0 Å². The average molecular weight is 337 g/mol. The number of aromatic amines is 1. The Bertz CT molecular complexity index is 664. The number of benzene rings is 1. The topological polar surface area (TPSA) is 66.5 Å². The van der Waals surface area contributed by atoms with Crippen molar-refractivity contribution < 1.29 is 0 Å². The largest absolute Gasteiger partial charge is 0.345 e. The van der Waals surface area contributed by atoms with Gasteiger partial charge in [-0.3, -0.25) is 0 Å². The van der Waals surface area contributed by atoms with Gasteiger partial charge >= 0.3 is 0 Å². The molecule has 0 saturated carbocycles. The molecule has 3 rings (SSSR count). The summed E-state index contributed by atoms with van der Waals surface area (Å²) in [4.78, 5) is 15.6. The fraction of sp³-hybridized carbons (Fsp3) is 0. The Morgan fingerprint density at radius 3 is 3.00 bits per heavy atom. The number of H-pyrrole nitrogens is 1. The van der Waals surface area contributed by atoms with Gasteiger partial charge in [0.1, 0.15) is 5.82 Å². The summed E-state index contributed by atoms with van der Waals surface area (Å²) in [6.07, 6.45) is 3.41. The van der Waals surface area contributed by atoms with Crippen molar-refractivity contribution >= 4 is 45.1 Å². The lowest BCUT2D eigenvalue weighted by Crippen LogP contribution is -1.95. The Morgan fingerprint density at radius 1 is 1.18 bits per heavy atom. The Labute approximate surface area is 111 Å². The van der Waals surface area contributed by atoms with Crippen molar-refractivity contribution in [2.24, 2.45) is 0 Å². The third-order valence-electron chi connectivity index (χ3n) is 2.32. The van der Waals surface area contributed by atoms with Crippen molar-refractivity contribution in [2.45, 2.75) is 0 Å². The summed E-state index contributed by atoms with van der Waals surface area (Å²) in [5.74, 6) is 0.781. The first-order chi connectivity index (χ1) is 8.31. The van der Waals surface area contributed by atoms with Crippen LogP contribution in [0.4, 0.5) is 11.5 Å². The highest BCUT2D eigenvalue weighted by Gasteiger charge is 2.00. The van der Waals surface area contributed by atoms with E-state index in [1.165, 1.54) is 0 Å². The summed E-state index contributed by atoms with van der Waals surface area (Å²) in [5.41, 5.74) is 2.92. The highest BCUT2D eigenvalue weighted by atomic mass is 127. The average Bonchev–Trinajstić information content (AvgIpc) is 2.76. The number of hydrogen-bond acceptors (Lipinski definition) is 4. The van der Waals surface area contributed by atoms with Crippen LogP contribution >= 0.6 is 22.6 Å². The molecular formula is C11H8IN5. The van der Waals surface area contributed by atoms with Gasteiger partial charge in [-0.15, -0.1) is 0 Å². The summed E-state index contributed by atoms with van der Waals surface area (Å²) in [6, 6.07) is 7.76. The second-order valence-electron chi connectivity index (χ2n) is 3.47. The molecule has 0 atom stereocenters. The first-order valence-corrected chi connectivity index (χ1v) is 6.08. The van der Waals surface area contributed by atoms with Gasteiger partial charge in [-0.25, -0.2) is 15.0 Å². The highest BCUT2D eigenvalue weighted by Crippen LogP contribution is 2.19. The lowest BCUT2D eigenvalue weighted by atomic mass is 10.3. The highest BCUT2D eigenvalue weighted by molar-refractivity contribution is 14.1. The molecular weight excluding hydrogens is 329 g/mol. The van der Waals surface area contributed by atoms with Gasteiger partial charge in [0.05, 0.1) is 17.4 Å². The van der Waals surface area contributed by atoms with Crippen molar-refractivity contribution in [3.8, 4) is 0 Å². The molecule has 2 aromatic heterocycles. The maximum atomic E-state index is 4.27. The second kappa shape index (κ2) is 4.28. The van der Waals surface area contributed by atoms with Crippen LogP contribution in [-0.4, -0.2) is 19.9 Å². The zero-order valence-corrected chi connectivity index (χ0v) is 10.8. The molecule has 2 heterocycles. The van der Waals surface area contributed by atoms with Crippen molar-refractivity contribution in [1.82, 2.24) is 19.9 Å². The Morgan fingerprint density at radius 2 is 2.12 bits per heavy atom. The second-order valence-corrected chi connectivity index (χ2v) is 4.44. The summed E-state index contributed by atoms with van der Waals surface area (Å²) >= 11 is 2.08. The normalized spacial score (nSPS) is 10.6. The first kappa shape index (κ1) is 10.5. The smallest absolute Gasteiger partial charge is 0.192 e. The van der Waals surface area contributed by atoms with Gasteiger partial charge in [-0.2, -0.15) is 0 Å². The molecule has 0 aliphatic heterocycles. The third kappa shape index (κ3) is 2.21. The van der Waals surface area contributed by atoms with Crippen LogP contribution < -0.4 is 5.32 Å². The molecule has 1 aromatic carbocycles. The summed E-state index contributed by atoms with van der Waals surface area (Å²) < 4.78 is 0.718. The predicted octanol–water partition coefficient (Wildman–Crippen LogP) is 2.70. The fourth-order valence-electron chi connectivity index (χ4n) is 1.57. The Kier molecular flexibility index (Phi) is 2.63. The van der Waals surface area contributed by atoms with Crippen LogP contribution in [0, 0.1) is 3.83 Å². The van der Waals surface area contributed by atoms with Crippen LogP contribution in [0.1, 0.15) is 0 Å². The molecule has 2 N–H and O–H groups in total. The minimum atomic E-state index is 0.718. The monoisotopic (exact) mass is 337 g/mol. The Hall–Kier alpha value is -1.70. The third-order valence-corrected chi connectivity index (χ3v) is 2.84. The van der Waals surface area contributed by atoms with Gasteiger partial charge in [0, 0.05) is 34.5 Å². The van der Waals surface area contributed by atoms with Crippen LogP contribution in [0.2, 0.25) is 0 Å². The number of fused-ring (bicyclic) bond motifs is 1. The SMILES string of the molecule is Ic1nccc(Nc2ccc3nc[nH]c3c2)n1. The molecule has 0 unspecified atom stereocenters. The van der Waals surface area contributed by atoms with E-state index in [-0.39, 0.29) is 0 Å². The van der Waals surface area contributed by atoms with E-state index >= 15 is 0 Å². The number of hydrogen-bond donors (Lipinski definition) is 2. The molecule has 6 heteroatoms. The van der Waals surface area contributed by atoms with Gasteiger partial charge in [0.25, 0.3) is 0 Å². The number of rotatable bonds is 2. The lowest BCUT2D eigenvalue weighted by Gasteiger charge is -2.05. The lowest BCUT2D eigenvalue weighted by molar-refractivity contribution is 1.11. The van der Waals surface area contributed by atoms with Gasteiger partial charge in [-0.05, 0) is 24.3 Å². The molecule has 0 spiro atoms. The molecule has 0 saturated heterocycles. The fourth-order valence-corrected chi connectivity index (χ4v) is 1.99. The molecule has 3 aromatic rings. The standard InChI is InChI=1S/C11H8IN5/c12-11-13-4-3-10(17-11)16-7-1-2-8-9(5-7)15-6-14-8/h1-6H,(H,14,15)(H,13,16,17). The van der Waals surface area contributed by atoms with Crippen LogP contribution in [0.25, 0.3) is 11.0 Å². The maximum absolute atomic E-state index is 4.27.